The Morgan fingerprint density at radius 1 is 1.62 bits per heavy atom. The highest BCUT2D eigenvalue weighted by molar-refractivity contribution is 9.10. The van der Waals surface area contributed by atoms with Gasteiger partial charge in [-0.3, -0.25) is 0 Å². The van der Waals surface area contributed by atoms with Crippen LogP contribution in [0.4, 0.5) is 0 Å². The van der Waals surface area contributed by atoms with Crippen molar-refractivity contribution in [1.82, 2.24) is 4.90 Å². The highest BCUT2D eigenvalue weighted by Crippen LogP contribution is 2.24. The summed E-state index contributed by atoms with van der Waals surface area (Å²) in [6.07, 6.45) is 2.69. The Labute approximate surface area is 132 Å². The standard InChI is InChI=1S/C15H18BrNO4/c1-17-6-7-20-13(9-17)10-21-12-3-4-14(16)11(8-12)2-5-15(18)19/h2-5,8,13H,6-7,9-10H2,1H3,(H,18,19)/b5-2+. The maximum Gasteiger partial charge on any atom is 0.328 e. The van der Waals surface area contributed by atoms with E-state index in [-0.39, 0.29) is 6.10 Å². The lowest BCUT2D eigenvalue weighted by Gasteiger charge is -2.29. The number of nitrogens with zero attached hydrogens (tertiary/aromatic N) is 1. The van der Waals surface area contributed by atoms with Crippen molar-refractivity contribution in [2.75, 3.05) is 33.4 Å². The number of rotatable bonds is 5. The molecule has 1 saturated heterocycles. The predicted octanol–water partition coefficient (Wildman–Crippen LogP) is 2.26. The molecule has 1 aromatic carbocycles. The van der Waals surface area contributed by atoms with Gasteiger partial charge in [0.15, 0.2) is 0 Å². The number of likely N-dealkylation sites (N-methyl/N-ethyl adjacent to an activating group) is 1. The molecule has 1 aliphatic rings. The van der Waals surface area contributed by atoms with Gasteiger partial charge in [0.25, 0.3) is 0 Å². The average Bonchev–Trinajstić information content (AvgIpc) is 2.45. The van der Waals surface area contributed by atoms with Crippen LogP contribution in [-0.2, 0) is 9.53 Å². The first-order chi connectivity index (χ1) is 10.0. The number of carboxylic acids is 1. The van der Waals surface area contributed by atoms with Crippen molar-refractivity contribution in [1.29, 1.82) is 0 Å². The second kappa shape index (κ2) is 7.59. The molecule has 1 unspecified atom stereocenters. The summed E-state index contributed by atoms with van der Waals surface area (Å²) < 4.78 is 12.2. The van der Waals surface area contributed by atoms with Crippen molar-refractivity contribution >= 4 is 28.0 Å². The molecule has 114 valence electrons. The van der Waals surface area contributed by atoms with Crippen LogP contribution < -0.4 is 4.74 Å². The quantitative estimate of drug-likeness (QED) is 0.821. The summed E-state index contributed by atoms with van der Waals surface area (Å²) in [6, 6.07) is 5.48. The lowest BCUT2D eigenvalue weighted by molar-refractivity contribution is -0.131. The molecular formula is C15H18BrNO4. The van der Waals surface area contributed by atoms with Gasteiger partial charge in [0.05, 0.1) is 6.61 Å². The molecule has 1 fully saturated rings. The van der Waals surface area contributed by atoms with Crippen LogP contribution in [0, 0.1) is 0 Å². The van der Waals surface area contributed by atoms with Crippen LogP contribution in [-0.4, -0.2) is 55.4 Å². The Balaban J connectivity index is 1.97. The number of carbonyl (C=O) groups is 1. The van der Waals surface area contributed by atoms with Crippen molar-refractivity contribution < 1.29 is 19.4 Å². The molecule has 0 aromatic heterocycles. The van der Waals surface area contributed by atoms with E-state index in [0.29, 0.717) is 12.4 Å². The Morgan fingerprint density at radius 2 is 2.43 bits per heavy atom. The molecule has 0 bridgehead atoms. The van der Waals surface area contributed by atoms with Crippen molar-refractivity contribution in [2.24, 2.45) is 0 Å². The third kappa shape index (κ3) is 5.15. The smallest absolute Gasteiger partial charge is 0.328 e. The summed E-state index contributed by atoms with van der Waals surface area (Å²) in [6.45, 7) is 2.99. The first-order valence-electron chi connectivity index (χ1n) is 6.68. The Bertz CT molecular complexity index is 532. The number of hydrogen-bond acceptors (Lipinski definition) is 4. The molecule has 21 heavy (non-hydrogen) atoms. The van der Waals surface area contributed by atoms with Gasteiger partial charge in [-0.1, -0.05) is 15.9 Å². The Kier molecular flexibility index (Phi) is 5.78. The van der Waals surface area contributed by atoms with E-state index in [4.69, 9.17) is 14.6 Å². The lowest BCUT2D eigenvalue weighted by Crippen LogP contribution is -2.42. The maximum atomic E-state index is 10.6. The highest BCUT2D eigenvalue weighted by atomic mass is 79.9. The number of carboxylic acid groups (broad SMARTS) is 1. The van der Waals surface area contributed by atoms with Crippen molar-refractivity contribution in [2.45, 2.75) is 6.10 Å². The molecule has 0 amide bonds. The molecular weight excluding hydrogens is 338 g/mol. The number of benzene rings is 1. The number of ether oxygens (including phenoxy) is 2. The summed E-state index contributed by atoms with van der Waals surface area (Å²) in [4.78, 5) is 12.8. The number of aliphatic carboxylic acids is 1. The molecule has 0 saturated carbocycles. The van der Waals surface area contributed by atoms with E-state index in [1.165, 1.54) is 6.08 Å². The van der Waals surface area contributed by atoms with Gasteiger partial charge in [0.2, 0.25) is 0 Å². The van der Waals surface area contributed by atoms with E-state index in [1.807, 2.05) is 12.1 Å². The molecule has 1 N–H and O–H groups in total. The normalized spacial score (nSPS) is 19.8. The van der Waals surface area contributed by atoms with E-state index in [1.54, 1.807) is 6.07 Å². The molecule has 1 heterocycles. The fraction of sp³-hybridized carbons (Fsp3) is 0.400. The SMILES string of the molecule is CN1CCOC(COc2ccc(Br)c(/C=C/C(=O)O)c2)C1. The lowest BCUT2D eigenvalue weighted by atomic mass is 10.2. The third-order valence-electron chi connectivity index (χ3n) is 3.15. The number of hydrogen-bond donors (Lipinski definition) is 1. The van der Waals surface area contributed by atoms with Crippen LogP contribution >= 0.6 is 15.9 Å². The average molecular weight is 356 g/mol. The maximum absolute atomic E-state index is 10.6. The zero-order chi connectivity index (χ0) is 15.2. The summed E-state index contributed by atoms with van der Waals surface area (Å²) in [5, 5.41) is 8.68. The van der Waals surface area contributed by atoms with Crippen LogP contribution in [0.15, 0.2) is 28.7 Å². The zero-order valence-electron chi connectivity index (χ0n) is 11.8. The number of halogens is 1. The first-order valence-corrected chi connectivity index (χ1v) is 7.47. The Morgan fingerprint density at radius 3 is 3.14 bits per heavy atom. The van der Waals surface area contributed by atoms with Crippen LogP contribution in [0.25, 0.3) is 6.08 Å². The second-order valence-corrected chi connectivity index (χ2v) is 5.78. The van der Waals surface area contributed by atoms with Gasteiger partial charge in [0.1, 0.15) is 18.5 Å². The molecule has 6 heteroatoms. The molecule has 1 aromatic rings. The fourth-order valence-corrected chi connectivity index (χ4v) is 2.44. The van der Waals surface area contributed by atoms with Crippen LogP contribution in [0.1, 0.15) is 5.56 Å². The van der Waals surface area contributed by atoms with Crippen LogP contribution in [0.2, 0.25) is 0 Å². The molecule has 0 spiro atoms. The third-order valence-corrected chi connectivity index (χ3v) is 3.87. The minimum atomic E-state index is -0.980. The Hall–Kier alpha value is -1.37. The predicted molar refractivity (Wildman–Crippen MR) is 83.5 cm³/mol. The molecule has 1 aliphatic heterocycles. The second-order valence-electron chi connectivity index (χ2n) is 4.92. The van der Waals surface area contributed by atoms with Gasteiger partial charge >= 0.3 is 5.97 Å². The highest BCUT2D eigenvalue weighted by Gasteiger charge is 2.18. The molecule has 2 rings (SSSR count). The minimum absolute atomic E-state index is 0.0606. The number of morpholine rings is 1. The monoisotopic (exact) mass is 355 g/mol. The molecule has 5 nitrogen and oxygen atoms in total. The van der Waals surface area contributed by atoms with E-state index < -0.39 is 5.97 Å². The first kappa shape index (κ1) is 16.0. The molecule has 1 atom stereocenters. The van der Waals surface area contributed by atoms with Gasteiger partial charge < -0.3 is 19.5 Å². The summed E-state index contributed by atoms with van der Waals surface area (Å²) >= 11 is 3.39. The van der Waals surface area contributed by atoms with Gasteiger partial charge in [-0.15, -0.1) is 0 Å². The summed E-state index contributed by atoms with van der Waals surface area (Å²) in [7, 11) is 2.06. The fourth-order valence-electron chi connectivity index (χ4n) is 2.06. The van der Waals surface area contributed by atoms with Crippen molar-refractivity contribution in [3.63, 3.8) is 0 Å². The molecule has 0 radical (unpaired) electrons. The zero-order valence-corrected chi connectivity index (χ0v) is 13.4. The minimum Gasteiger partial charge on any atom is -0.491 e. The van der Waals surface area contributed by atoms with Crippen LogP contribution in [0.3, 0.4) is 0 Å². The van der Waals surface area contributed by atoms with E-state index >= 15 is 0 Å². The van der Waals surface area contributed by atoms with Gasteiger partial charge in [0, 0.05) is 23.6 Å². The van der Waals surface area contributed by atoms with E-state index in [2.05, 4.69) is 27.9 Å². The van der Waals surface area contributed by atoms with Crippen LogP contribution in [0.5, 0.6) is 5.75 Å². The van der Waals surface area contributed by atoms with Crippen molar-refractivity contribution in [3.8, 4) is 5.75 Å². The topological polar surface area (TPSA) is 59.0 Å². The summed E-state index contributed by atoms with van der Waals surface area (Å²) in [5.41, 5.74) is 0.761. The van der Waals surface area contributed by atoms with E-state index in [0.717, 1.165) is 35.8 Å². The van der Waals surface area contributed by atoms with Gasteiger partial charge in [-0.25, -0.2) is 4.79 Å². The molecule has 0 aliphatic carbocycles. The summed E-state index contributed by atoms with van der Waals surface area (Å²) in [5.74, 6) is -0.285. The van der Waals surface area contributed by atoms with Gasteiger partial charge in [-0.2, -0.15) is 0 Å². The van der Waals surface area contributed by atoms with Gasteiger partial charge in [-0.05, 0) is 36.9 Å². The largest absolute Gasteiger partial charge is 0.491 e. The van der Waals surface area contributed by atoms with Crippen molar-refractivity contribution in [3.05, 3.63) is 34.3 Å². The van der Waals surface area contributed by atoms with E-state index in [9.17, 15) is 4.79 Å².